The van der Waals surface area contributed by atoms with E-state index < -0.39 is 28.7 Å². The molecule has 48 heavy (non-hydrogen) atoms. The van der Waals surface area contributed by atoms with Crippen molar-refractivity contribution in [2.75, 3.05) is 18.9 Å². The van der Waals surface area contributed by atoms with Gasteiger partial charge in [-0.15, -0.1) is 0 Å². The predicted molar refractivity (Wildman–Crippen MR) is 188 cm³/mol. The van der Waals surface area contributed by atoms with Gasteiger partial charge in [0.1, 0.15) is 17.1 Å². The van der Waals surface area contributed by atoms with Crippen LogP contribution in [0, 0.1) is 22.0 Å². The van der Waals surface area contributed by atoms with Gasteiger partial charge in [0.25, 0.3) is 5.69 Å². The molecule has 3 rings (SSSR count). The largest absolute Gasteiger partial charge is 0.494 e. The second-order valence-corrected chi connectivity index (χ2v) is 12.7. The summed E-state index contributed by atoms with van der Waals surface area (Å²) in [6, 6.07) is 8.56. The van der Waals surface area contributed by atoms with Crippen molar-refractivity contribution < 1.29 is 33.5 Å². The van der Waals surface area contributed by atoms with Gasteiger partial charge in [-0.2, -0.15) is 0 Å². The van der Waals surface area contributed by atoms with Crippen molar-refractivity contribution in [3.05, 3.63) is 64.2 Å². The fourth-order valence-electron chi connectivity index (χ4n) is 5.94. The molecule has 1 saturated carbocycles. The number of benzene rings is 2. The Bertz CT molecular complexity index is 1320. The Morgan fingerprint density at radius 1 is 0.875 bits per heavy atom. The zero-order chi connectivity index (χ0) is 34.7. The molecule has 0 saturated heterocycles. The van der Waals surface area contributed by atoms with Crippen LogP contribution in [0.1, 0.15) is 121 Å². The smallest absolute Gasteiger partial charge is 0.350 e. The number of nitrogens with two attached hydrogens (primary N) is 1. The fraction of sp³-hybridized carbons (Fsp3) is 0.579. The second-order valence-electron chi connectivity index (χ2n) is 12.7. The van der Waals surface area contributed by atoms with Crippen LogP contribution in [0.4, 0.5) is 11.4 Å². The zero-order valence-electron chi connectivity index (χ0n) is 29.0. The Hall–Kier alpha value is -3.92. The molecule has 0 unspecified atom stereocenters. The zero-order valence-corrected chi connectivity index (χ0v) is 29.0. The molecule has 0 aliphatic heterocycles. The summed E-state index contributed by atoms with van der Waals surface area (Å²) in [4.78, 5) is 36.6. The fourth-order valence-corrected chi connectivity index (χ4v) is 5.94. The van der Waals surface area contributed by atoms with Gasteiger partial charge in [-0.1, -0.05) is 90.2 Å². The standard InChI is InChI=1S/C38H54N2O8/c1-4-6-8-9-10-12-24-45-28(3)37(41)48-36-27-35(40(43)44)33(26-34(36)39)38(42)47-32-22-20-31(21-23-32)46-25-13-15-30-18-16-29(17-19-30)14-11-7-5-2/h9-10,20-23,26-30H,4-8,11-19,24-25,39H2,1-3H3/b10-9+/t28-,29?,30?/m1/s1. The number of carbonyl (C=O) groups excluding carboxylic acids is 2. The summed E-state index contributed by atoms with van der Waals surface area (Å²) in [5, 5.41) is 11.8. The van der Waals surface area contributed by atoms with Crippen molar-refractivity contribution in [3.8, 4) is 17.2 Å². The van der Waals surface area contributed by atoms with Crippen LogP contribution in [0.25, 0.3) is 0 Å². The molecule has 0 radical (unpaired) electrons. The van der Waals surface area contributed by atoms with Gasteiger partial charge < -0.3 is 24.7 Å². The van der Waals surface area contributed by atoms with Crippen LogP contribution >= 0.6 is 0 Å². The van der Waals surface area contributed by atoms with Gasteiger partial charge in [-0.25, -0.2) is 9.59 Å². The first kappa shape index (κ1) is 38.5. The highest BCUT2D eigenvalue weighted by Gasteiger charge is 2.27. The number of rotatable bonds is 21. The SMILES string of the molecule is CCCC/C=C/CCO[C@H](C)C(=O)Oc1cc([N+](=O)[O-])c(C(=O)Oc2ccc(OCCCC3CCC(CCCCC)CC3)cc2)cc1N. The van der Waals surface area contributed by atoms with E-state index in [4.69, 9.17) is 24.7 Å². The third-order valence-corrected chi connectivity index (χ3v) is 8.87. The first-order valence-corrected chi connectivity index (χ1v) is 17.7. The highest BCUT2D eigenvalue weighted by molar-refractivity contribution is 5.97. The van der Waals surface area contributed by atoms with E-state index in [0.29, 0.717) is 25.4 Å². The molecule has 0 spiro atoms. The van der Waals surface area contributed by atoms with Gasteiger partial charge in [-0.05, 0) is 74.8 Å². The number of nitrogens with zero attached hydrogens (tertiary/aromatic N) is 1. The summed E-state index contributed by atoms with van der Waals surface area (Å²) in [6.07, 6.45) is 19.9. The van der Waals surface area contributed by atoms with Gasteiger partial charge in [0, 0.05) is 0 Å². The molecule has 10 nitrogen and oxygen atoms in total. The maximum Gasteiger partial charge on any atom is 0.350 e. The molecule has 10 heteroatoms. The van der Waals surface area contributed by atoms with Crippen molar-refractivity contribution in [3.63, 3.8) is 0 Å². The minimum absolute atomic E-state index is 0.129. The van der Waals surface area contributed by atoms with E-state index in [1.165, 1.54) is 64.7 Å². The predicted octanol–water partition coefficient (Wildman–Crippen LogP) is 9.39. The Morgan fingerprint density at radius 2 is 1.50 bits per heavy atom. The minimum atomic E-state index is -0.969. The molecule has 2 aromatic carbocycles. The van der Waals surface area contributed by atoms with E-state index in [1.807, 2.05) is 6.08 Å². The number of hydrogen-bond donors (Lipinski definition) is 1. The van der Waals surface area contributed by atoms with Crippen LogP contribution in [-0.2, 0) is 9.53 Å². The van der Waals surface area contributed by atoms with Crippen LogP contribution in [0.5, 0.6) is 17.2 Å². The maximum atomic E-state index is 12.9. The molecule has 2 aromatic rings. The number of nitro groups is 1. The minimum Gasteiger partial charge on any atom is -0.494 e. The van der Waals surface area contributed by atoms with E-state index in [9.17, 15) is 19.7 Å². The van der Waals surface area contributed by atoms with E-state index in [-0.39, 0.29) is 22.7 Å². The number of ether oxygens (including phenoxy) is 4. The summed E-state index contributed by atoms with van der Waals surface area (Å²) in [5.74, 6) is 0.570. The maximum absolute atomic E-state index is 12.9. The average Bonchev–Trinajstić information content (AvgIpc) is 3.08. The van der Waals surface area contributed by atoms with E-state index in [0.717, 1.165) is 49.7 Å². The van der Waals surface area contributed by atoms with Crippen molar-refractivity contribution >= 4 is 23.3 Å². The molecule has 0 amide bonds. The average molecular weight is 667 g/mol. The van der Waals surface area contributed by atoms with Crippen LogP contribution < -0.4 is 19.9 Å². The third-order valence-electron chi connectivity index (χ3n) is 8.87. The van der Waals surface area contributed by atoms with Gasteiger partial charge in [0.15, 0.2) is 11.9 Å². The van der Waals surface area contributed by atoms with Crippen LogP contribution in [-0.4, -0.2) is 36.2 Å². The lowest BCUT2D eigenvalue weighted by molar-refractivity contribution is -0.385. The van der Waals surface area contributed by atoms with Gasteiger partial charge >= 0.3 is 11.9 Å². The summed E-state index contributed by atoms with van der Waals surface area (Å²) < 4.78 is 22.1. The van der Waals surface area contributed by atoms with Gasteiger partial charge in [0.2, 0.25) is 0 Å². The highest BCUT2D eigenvalue weighted by Crippen LogP contribution is 2.35. The number of nitrogen functional groups attached to an aromatic ring is 1. The summed E-state index contributed by atoms with van der Waals surface area (Å²) >= 11 is 0. The Balaban J connectivity index is 1.46. The van der Waals surface area contributed by atoms with E-state index >= 15 is 0 Å². The number of anilines is 1. The molecule has 1 atom stereocenters. The molecule has 264 valence electrons. The molecular weight excluding hydrogens is 612 g/mol. The van der Waals surface area contributed by atoms with E-state index in [1.54, 1.807) is 24.3 Å². The first-order chi connectivity index (χ1) is 23.2. The van der Waals surface area contributed by atoms with Crippen LogP contribution in [0.3, 0.4) is 0 Å². The molecule has 0 aromatic heterocycles. The lowest BCUT2D eigenvalue weighted by Gasteiger charge is -2.28. The number of esters is 2. The molecule has 1 aliphatic carbocycles. The second kappa shape index (κ2) is 21.1. The molecule has 1 aliphatic rings. The number of hydrogen-bond acceptors (Lipinski definition) is 9. The highest BCUT2D eigenvalue weighted by atomic mass is 16.6. The van der Waals surface area contributed by atoms with E-state index in [2.05, 4.69) is 19.9 Å². The Morgan fingerprint density at radius 3 is 2.15 bits per heavy atom. The molecule has 0 bridgehead atoms. The molecule has 0 heterocycles. The number of allylic oxidation sites excluding steroid dienone is 1. The normalized spacial score (nSPS) is 16.8. The first-order valence-electron chi connectivity index (χ1n) is 17.7. The van der Waals surface area contributed by atoms with Crippen LogP contribution in [0.2, 0.25) is 0 Å². The molecule has 2 N–H and O–H groups in total. The summed E-state index contributed by atoms with van der Waals surface area (Å²) in [6.45, 7) is 6.83. The van der Waals surface area contributed by atoms with Gasteiger partial charge in [-0.3, -0.25) is 10.1 Å². The number of unbranched alkanes of at least 4 members (excludes halogenated alkanes) is 4. The van der Waals surface area contributed by atoms with Crippen molar-refractivity contribution in [2.24, 2.45) is 11.8 Å². The third kappa shape index (κ3) is 13.3. The van der Waals surface area contributed by atoms with Gasteiger partial charge in [0.05, 0.1) is 29.9 Å². The lowest BCUT2D eigenvalue weighted by atomic mass is 9.78. The quantitative estimate of drug-likeness (QED) is 0.0262. The number of carbonyl (C=O) groups is 2. The van der Waals surface area contributed by atoms with Crippen molar-refractivity contribution in [1.29, 1.82) is 0 Å². The lowest BCUT2D eigenvalue weighted by Crippen LogP contribution is -2.26. The van der Waals surface area contributed by atoms with Crippen molar-refractivity contribution in [1.82, 2.24) is 0 Å². The van der Waals surface area contributed by atoms with Crippen molar-refractivity contribution in [2.45, 2.75) is 117 Å². The number of nitro benzene ring substituents is 1. The molecule has 1 fully saturated rings. The Labute approximate surface area is 285 Å². The Kier molecular flexibility index (Phi) is 17.0. The summed E-state index contributed by atoms with van der Waals surface area (Å²) in [7, 11) is 0. The van der Waals surface area contributed by atoms with Crippen LogP contribution in [0.15, 0.2) is 48.6 Å². The topological polar surface area (TPSA) is 140 Å². The monoisotopic (exact) mass is 666 g/mol. The molecular formula is C38H54N2O8. The summed E-state index contributed by atoms with van der Waals surface area (Å²) in [5.41, 5.74) is 4.93.